The summed E-state index contributed by atoms with van der Waals surface area (Å²) in [5.41, 5.74) is 0. The van der Waals surface area contributed by atoms with Crippen LogP contribution in [0.2, 0.25) is 0 Å². The molecule has 0 amide bonds. The molecule has 2 aliphatic heterocycles. The Morgan fingerprint density at radius 3 is 3.00 bits per heavy atom. The maximum absolute atomic E-state index is 10.7. The average Bonchev–Trinajstić information content (AvgIpc) is 2.75. The monoisotopic (exact) mass is 203 g/mol. The predicted molar refractivity (Wildman–Crippen MR) is 49.7 cm³/mol. The number of ether oxygens (including phenoxy) is 1. The number of nitrogens with one attached hydrogen (secondary N) is 1. The minimum atomic E-state index is -0.742. The van der Waals surface area contributed by atoms with Crippen molar-refractivity contribution < 1.29 is 14.6 Å². The summed E-state index contributed by atoms with van der Waals surface area (Å²) in [5.74, 6) is 0.430. The molecule has 0 aromatic heterocycles. The fourth-order valence-corrected chi connectivity index (χ4v) is 3.09. The second-order valence-corrected chi connectivity index (χ2v) is 4.61. The van der Waals surface area contributed by atoms with E-state index >= 15 is 0 Å². The average molecular weight is 203 g/mol. The Morgan fingerprint density at radius 2 is 2.46 bits per heavy atom. The fraction of sp³-hybridized carbons (Fsp3) is 0.875. The first-order valence-corrected chi connectivity index (χ1v) is 5.50. The third-order valence-electron chi connectivity index (χ3n) is 2.50. The molecular weight excluding hydrogens is 190 g/mol. The zero-order valence-electron chi connectivity index (χ0n) is 7.23. The van der Waals surface area contributed by atoms with Gasteiger partial charge >= 0.3 is 5.97 Å². The first-order valence-electron chi connectivity index (χ1n) is 4.45. The van der Waals surface area contributed by atoms with Crippen molar-refractivity contribution in [3.05, 3.63) is 0 Å². The molecule has 0 aromatic carbocycles. The number of carbonyl (C=O) groups is 1. The van der Waals surface area contributed by atoms with E-state index in [1.807, 2.05) is 0 Å². The van der Waals surface area contributed by atoms with Gasteiger partial charge < -0.3 is 9.84 Å². The third-order valence-corrected chi connectivity index (χ3v) is 3.90. The van der Waals surface area contributed by atoms with Gasteiger partial charge in [-0.2, -0.15) is 0 Å². The molecule has 2 unspecified atom stereocenters. The number of hydrogen-bond donors (Lipinski definition) is 2. The number of aliphatic carboxylic acids is 1. The van der Waals surface area contributed by atoms with Gasteiger partial charge in [0.15, 0.2) is 0 Å². The van der Waals surface area contributed by atoms with Crippen molar-refractivity contribution in [2.45, 2.75) is 17.8 Å². The normalized spacial score (nSPS) is 39.5. The van der Waals surface area contributed by atoms with Gasteiger partial charge in [-0.25, -0.2) is 0 Å². The maximum Gasteiger partial charge on any atom is 0.321 e. The second-order valence-electron chi connectivity index (χ2n) is 3.44. The Bertz CT molecular complexity index is 206. The lowest BCUT2D eigenvalue weighted by molar-refractivity contribution is -0.138. The minimum absolute atomic E-state index is 0.281. The Morgan fingerprint density at radius 1 is 1.62 bits per heavy atom. The summed E-state index contributed by atoms with van der Waals surface area (Å²) >= 11 is 1.70. The summed E-state index contributed by atoms with van der Waals surface area (Å²) in [4.78, 5) is 10.7. The molecule has 2 saturated heterocycles. The molecule has 0 aromatic rings. The van der Waals surface area contributed by atoms with Crippen LogP contribution in [0.3, 0.4) is 0 Å². The highest BCUT2D eigenvalue weighted by molar-refractivity contribution is 8.00. The van der Waals surface area contributed by atoms with E-state index in [0.29, 0.717) is 11.7 Å². The van der Waals surface area contributed by atoms with Gasteiger partial charge in [-0.15, -0.1) is 11.8 Å². The molecule has 0 aliphatic carbocycles. The molecule has 2 fully saturated rings. The van der Waals surface area contributed by atoms with E-state index < -0.39 is 5.97 Å². The van der Waals surface area contributed by atoms with Crippen molar-refractivity contribution in [1.82, 2.24) is 5.32 Å². The Hall–Kier alpha value is -0.260. The highest BCUT2D eigenvalue weighted by Crippen LogP contribution is 2.29. The summed E-state index contributed by atoms with van der Waals surface area (Å²) in [7, 11) is 0. The van der Waals surface area contributed by atoms with E-state index in [-0.39, 0.29) is 11.4 Å². The smallest absolute Gasteiger partial charge is 0.321 e. The van der Waals surface area contributed by atoms with Crippen molar-refractivity contribution in [2.75, 3.05) is 19.0 Å². The van der Waals surface area contributed by atoms with Gasteiger partial charge in [-0.3, -0.25) is 10.1 Å². The van der Waals surface area contributed by atoms with Crippen molar-refractivity contribution in [1.29, 1.82) is 0 Å². The topological polar surface area (TPSA) is 58.6 Å². The van der Waals surface area contributed by atoms with E-state index in [9.17, 15) is 4.79 Å². The van der Waals surface area contributed by atoms with Crippen LogP contribution in [0, 0.1) is 5.92 Å². The van der Waals surface area contributed by atoms with Gasteiger partial charge in [0.25, 0.3) is 0 Å². The minimum Gasteiger partial charge on any atom is -0.480 e. The van der Waals surface area contributed by atoms with E-state index in [2.05, 4.69) is 5.32 Å². The predicted octanol–water partition coefficient (Wildman–Crippen LogP) is 0.139. The summed E-state index contributed by atoms with van der Waals surface area (Å²) in [6.07, 6.45) is 1.05. The maximum atomic E-state index is 10.7. The number of hydrogen-bond acceptors (Lipinski definition) is 4. The molecule has 4 nitrogen and oxygen atoms in total. The van der Waals surface area contributed by atoms with Crippen molar-refractivity contribution >= 4 is 17.7 Å². The number of thioether (sulfide) groups is 1. The lowest BCUT2D eigenvalue weighted by Gasteiger charge is -2.16. The van der Waals surface area contributed by atoms with Crippen LogP contribution in [0.15, 0.2) is 0 Å². The molecule has 0 radical (unpaired) electrons. The van der Waals surface area contributed by atoms with Gasteiger partial charge in [0.2, 0.25) is 0 Å². The zero-order valence-corrected chi connectivity index (χ0v) is 8.05. The van der Waals surface area contributed by atoms with Crippen LogP contribution in [-0.2, 0) is 9.53 Å². The van der Waals surface area contributed by atoms with Crippen LogP contribution in [0.5, 0.6) is 0 Å². The summed E-state index contributed by atoms with van der Waals surface area (Å²) in [6.45, 7) is 1.60. The van der Waals surface area contributed by atoms with Crippen molar-refractivity contribution in [3.63, 3.8) is 0 Å². The fourth-order valence-electron chi connectivity index (χ4n) is 1.70. The van der Waals surface area contributed by atoms with Crippen molar-refractivity contribution in [2.24, 2.45) is 5.92 Å². The molecule has 0 saturated carbocycles. The molecule has 2 aliphatic rings. The lowest BCUT2D eigenvalue weighted by Crippen LogP contribution is -2.39. The number of carboxylic acid groups (broad SMARTS) is 1. The second kappa shape index (κ2) is 3.86. The zero-order chi connectivity index (χ0) is 9.26. The third kappa shape index (κ3) is 1.98. The Balaban J connectivity index is 1.86. The first-order chi connectivity index (χ1) is 6.27. The molecule has 0 spiro atoms. The van der Waals surface area contributed by atoms with Crippen LogP contribution in [-0.4, -0.2) is 41.5 Å². The van der Waals surface area contributed by atoms with Crippen LogP contribution >= 0.6 is 11.8 Å². The molecule has 74 valence electrons. The van der Waals surface area contributed by atoms with Gasteiger partial charge in [0.05, 0.1) is 12.0 Å². The lowest BCUT2D eigenvalue weighted by atomic mass is 10.1. The molecule has 5 heteroatoms. The quantitative estimate of drug-likeness (QED) is 0.668. The molecule has 13 heavy (non-hydrogen) atoms. The van der Waals surface area contributed by atoms with Crippen LogP contribution in [0.1, 0.15) is 6.42 Å². The van der Waals surface area contributed by atoms with Gasteiger partial charge in [0, 0.05) is 18.3 Å². The first kappa shape index (κ1) is 9.30. The SMILES string of the molecule is O=C(O)[C@H]1CSC(C2CCOC2)N1. The Kier molecular flexibility index (Phi) is 2.76. The molecule has 2 heterocycles. The van der Waals surface area contributed by atoms with Crippen molar-refractivity contribution in [3.8, 4) is 0 Å². The highest BCUT2D eigenvalue weighted by atomic mass is 32.2. The largest absolute Gasteiger partial charge is 0.480 e. The molecule has 0 bridgehead atoms. The molecule has 2 N–H and O–H groups in total. The Labute approximate surface area is 81.0 Å². The van der Waals surface area contributed by atoms with E-state index in [4.69, 9.17) is 9.84 Å². The summed E-state index contributed by atoms with van der Waals surface area (Å²) in [6, 6.07) is -0.365. The standard InChI is InChI=1S/C8H13NO3S/c10-8(11)6-4-13-7(9-6)5-1-2-12-3-5/h5-7,9H,1-4H2,(H,10,11)/t5?,6-,7?/m1/s1. The number of rotatable bonds is 2. The molecular formula is C8H13NO3S. The molecule has 2 rings (SSSR count). The van der Waals surface area contributed by atoms with Crippen LogP contribution in [0.4, 0.5) is 0 Å². The van der Waals surface area contributed by atoms with Gasteiger partial charge in [0.1, 0.15) is 6.04 Å². The molecule has 3 atom stereocenters. The van der Waals surface area contributed by atoms with Gasteiger partial charge in [-0.1, -0.05) is 0 Å². The number of carboxylic acids is 1. The summed E-state index contributed by atoms with van der Waals surface area (Å²) in [5, 5.41) is 12.2. The van der Waals surface area contributed by atoms with Crippen LogP contribution < -0.4 is 5.32 Å². The summed E-state index contributed by atoms with van der Waals surface area (Å²) < 4.78 is 5.26. The highest BCUT2D eigenvalue weighted by Gasteiger charge is 2.35. The van der Waals surface area contributed by atoms with E-state index in [0.717, 1.165) is 19.6 Å². The van der Waals surface area contributed by atoms with E-state index in [1.54, 1.807) is 11.8 Å². The van der Waals surface area contributed by atoms with Crippen LogP contribution in [0.25, 0.3) is 0 Å². The van der Waals surface area contributed by atoms with E-state index in [1.165, 1.54) is 0 Å². The van der Waals surface area contributed by atoms with Gasteiger partial charge in [-0.05, 0) is 6.42 Å².